The molecule has 0 radical (unpaired) electrons. The molecule has 1 aliphatic rings. The molecule has 0 fully saturated rings. The van der Waals surface area contributed by atoms with Crippen molar-refractivity contribution in [1.29, 1.82) is 0 Å². The van der Waals surface area contributed by atoms with E-state index in [1.807, 2.05) is 5.32 Å². The summed E-state index contributed by atoms with van der Waals surface area (Å²) in [5.74, 6) is -2.69. The molecule has 0 spiro atoms. The lowest BCUT2D eigenvalue weighted by atomic mass is 9.99. The van der Waals surface area contributed by atoms with Crippen molar-refractivity contribution in [3.8, 4) is 0 Å². The largest absolute Gasteiger partial charge is 0.365 e. The molecule has 0 bridgehead atoms. The van der Waals surface area contributed by atoms with E-state index in [2.05, 4.69) is 10.5 Å². The Labute approximate surface area is 129 Å². The highest BCUT2D eigenvalue weighted by molar-refractivity contribution is 6.52. The summed E-state index contributed by atoms with van der Waals surface area (Å²) in [4.78, 5) is 44.7. The van der Waals surface area contributed by atoms with Crippen molar-refractivity contribution >= 4 is 34.8 Å². The number of nitro groups is 1. The first kappa shape index (κ1) is 15.8. The first-order valence-electron chi connectivity index (χ1n) is 6.26. The summed E-state index contributed by atoms with van der Waals surface area (Å²) in [6.45, 7) is 1.35. The van der Waals surface area contributed by atoms with E-state index in [9.17, 15) is 24.5 Å². The summed E-state index contributed by atoms with van der Waals surface area (Å²) in [6.07, 6.45) is 0. The Morgan fingerprint density at radius 2 is 2.04 bits per heavy atom. The highest BCUT2D eigenvalue weighted by Crippen LogP contribution is 2.18. The van der Waals surface area contributed by atoms with E-state index < -0.39 is 22.6 Å². The van der Waals surface area contributed by atoms with E-state index in [1.165, 1.54) is 31.2 Å². The van der Waals surface area contributed by atoms with E-state index in [1.54, 1.807) is 0 Å². The van der Waals surface area contributed by atoms with Crippen LogP contribution in [0.3, 0.4) is 0 Å². The predicted molar refractivity (Wildman–Crippen MR) is 79.2 cm³/mol. The number of carbonyl (C=O) groups excluding carboxylic acids is 3. The SMILES string of the molecule is CC1=C(C(N)=O)C(=O)NC(=O)/C1=N\Nc1cccc([N+](=O)[O-])c1. The van der Waals surface area contributed by atoms with Crippen molar-refractivity contribution in [2.45, 2.75) is 6.92 Å². The lowest BCUT2D eigenvalue weighted by Gasteiger charge is -2.16. The number of nitrogens with zero attached hydrogens (tertiary/aromatic N) is 2. The van der Waals surface area contributed by atoms with Gasteiger partial charge in [-0.2, -0.15) is 5.10 Å². The van der Waals surface area contributed by atoms with Gasteiger partial charge in [0, 0.05) is 17.7 Å². The minimum absolute atomic E-state index is 0.0178. The maximum atomic E-state index is 11.8. The number of nitro benzene ring substituents is 1. The molecule has 2 rings (SSSR count). The van der Waals surface area contributed by atoms with Gasteiger partial charge in [-0.15, -0.1) is 0 Å². The molecule has 23 heavy (non-hydrogen) atoms. The van der Waals surface area contributed by atoms with E-state index in [0.29, 0.717) is 0 Å². The highest BCUT2D eigenvalue weighted by Gasteiger charge is 2.32. The van der Waals surface area contributed by atoms with Gasteiger partial charge in [0.05, 0.1) is 10.6 Å². The minimum Gasteiger partial charge on any atom is -0.365 e. The molecule has 1 aliphatic heterocycles. The molecule has 1 aromatic carbocycles. The van der Waals surface area contributed by atoms with Gasteiger partial charge in [-0.25, -0.2) is 0 Å². The molecule has 0 unspecified atom stereocenters. The number of hydrogen-bond acceptors (Lipinski definition) is 7. The molecule has 0 saturated carbocycles. The third-order valence-electron chi connectivity index (χ3n) is 3.00. The second-order valence-electron chi connectivity index (χ2n) is 4.53. The van der Waals surface area contributed by atoms with Gasteiger partial charge in [0.25, 0.3) is 23.4 Å². The number of nitrogens with one attached hydrogen (secondary N) is 2. The molecule has 10 nitrogen and oxygen atoms in total. The number of imide groups is 1. The minimum atomic E-state index is -0.990. The summed E-state index contributed by atoms with van der Waals surface area (Å²) in [5.41, 5.74) is 7.09. The lowest BCUT2D eigenvalue weighted by molar-refractivity contribution is -0.384. The third kappa shape index (κ3) is 3.20. The molecule has 1 heterocycles. The standard InChI is InChI=1S/C13H11N5O5/c1-6-9(11(14)19)12(20)15-13(21)10(6)17-16-7-3-2-4-8(5-7)18(22)23/h2-5,16H,1H3,(H2,14,19)(H,15,20,21)/b17-10-. The Bertz CT molecular complexity index is 796. The van der Waals surface area contributed by atoms with Crippen LogP contribution in [0.1, 0.15) is 6.92 Å². The monoisotopic (exact) mass is 317 g/mol. The average Bonchev–Trinajstić information content (AvgIpc) is 2.46. The number of nitrogens with two attached hydrogens (primary N) is 1. The zero-order valence-electron chi connectivity index (χ0n) is 11.8. The number of amides is 3. The molecule has 0 aromatic heterocycles. The Balaban J connectivity index is 2.36. The summed E-state index contributed by atoms with van der Waals surface area (Å²) in [7, 11) is 0. The zero-order valence-corrected chi connectivity index (χ0v) is 11.8. The molecule has 1 aromatic rings. The van der Waals surface area contributed by atoms with Gasteiger partial charge in [-0.1, -0.05) is 6.07 Å². The Morgan fingerprint density at radius 1 is 1.35 bits per heavy atom. The average molecular weight is 317 g/mol. The summed E-state index contributed by atoms with van der Waals surface area (Å²) in [5, 5.41) is 16.4. The fraction of sp³-hybridized carbons (Fsp3) is 0.0769. The van der Waals surface area contributed by atoms with Gasteiger partial charge in [0.15, 0.2) is 5.71 Å². The van der Waals surface area contributed by atoms with E-state index in [-0.39, 0.29) is 28.2 Å². The number of hydrazone groups is 1. The van der Waals surface area contributed by atoms with Crippen molar-refractivity contribution in [2.75, 3.05) is 5.43 Å². The van der Waals surface area contributed by atoms with Crippen molar-refractivity contribution in [3.05, 3.63) is 45.5 Å². The molecule has 118 valence electrons. The first-order valence-corrected chi connectivity index (χ1v) is 6.26. The molecular weight excluding hydrogens is 306 g/mol. The molecule has 0 atom stereocenters. The van der Waals surface area contributed by atoms with Gasteiger partial charge in [0.2, 0.25) is 0 Å². The molecular formula is C13H11N5O5. The van der Waals surface area contributed by atoms with Crippen molar-refractivity contribution in [1.82, 2.24) is 5.32 Å². The van der Waals surface area contributed by atoms with Gasteiger partial charge in [-0.05, 0) is 13.0 Å². The van der Waals surface area contributed by atoms with E-state index in [0.717, 1.165) is 0 Å². The number of non-ortho nitro benzene ring substituents is 1. The third-order valence-corrected chi connectivity index (χ3v) is 3.00. The van der Waals surface area contributed by atoms with Crippen LogP contribution in [0.15, 0.2) is 40.5 Å². The van der Waals surface area contributed by atoms with Gasteiger partial charge in [-0.3, -0.25) is 35.2 Å². The summed E-state index contributed by atoms with van der Waals surface area (Å²) >= 11 is 0. The van der Waals surface area contributed by atoms with Gasteiger partial charge in [0.1, 0.15) is 5.57 Å². The maximum absolute atomic E-state index is 11.8. The number of rotatable bonds is 4. The molecule has 4 N–H and O–H groups in total. The molecule has 10 heteroatoms. The van der Waals surface area contributed by atoms with Crippen LogP contribution >= 0.6 is 0 Å². The summed E-state index contributed by atoms with van der Waals surface area (Å²) in [6, 6.07) is 5.43. The van der Waals surface area contributed by atoms with Gasteiger partial charge >= 0.3 is 0 Å². The topological polar surface area (TPSA) is 157 Å². The highest BCUT2D eigenvalue weighted by atomic mass is 16.6. The molecule has 0 aliphatic carbocycles. The van der Waals surface area contributed by atoms with Crippen LogP contribution < -0.4 is 16.5 Å². The normalized spacial score (nSPS) is 16.3. The Hall–Kier alpha value is -3.56. The number of benzene rings is 1. The summed E-state index contributed by atoms with van der Waals surface area (Å²) < 4.78 is 0. The van der Waals surface area contributed by atoms with Crippen LogP contribution in [0.5, 0.6) is 0 Å². The van der Waals surface area contributed by atoms with Crippen LogP contribution in [0, 0.1) is 10.1 Å². The van der Waals surface area contributed by atoms with Crippen LogP contribution in [0.2, 0.25) is 0 Å². The molecule has 3 amide bonds. The quantitative estimate of drug-likeness (QED) is 0.302. The number of hydrogen-bond donors (Lipinski definition) is 3. The van der Waals surface area contributed by atoms with Crippen molar-refractivity contribution in [3.63, 3.8) is 0 Å². The van der Waals surface area contributed by atoms with Crippen LogP contribution in [-0.4, -0.2) is 28.4 Å². The Kier molecular flexibility index (Phi) is 4.16. The maximum Gasteiger partial charge on any atom is 0.278 e. The first-order chi connectivity index (χ1) is 10.8. The second kappa shape index (κ2) is 6.05. The predicted octanol–water partition coefficient (Wildman–Crippen LogP) is -0.179. The lowest BCUT2D eigenvalue weighted by Crippen LogP contribution is -2.46. The molecule has 0 saturated heterocycles. The van der Waals surface area contributed by atoms with Crippen LogP contribution in [0.4, 0.5) is 11.4 Å². The number of anilines is 1. The number of primary amides is 1. The van der Waals surface area contributed by atoms with Gasteiger partial charge < -0.3 is 5.73 Å². The second-order valence-corrected chi connectivity index (χ2v) is 4.53. The number of carbonyl (C=O) groups is 3. The van der Waals surface area contributed by atoms with Crippen molar-refractivity contribution in [2.24, 2.45) is 10.8 Å². The smallest absolute Gasteiger partial charge is 0.278 e. The van der Waals surface area contributed by atoms with Crippen LogP contribution in [-0.2, 0) is 14.4 Å². The Morgan fingerprint density at radius 3 is 2.65 bits per heavy atom. The van der Waals surface area contributed by atoms with E-state index >= 15 is 0 Å². The zero-order chi connectivity index (χ0) is 17.1. The van der Waals surface area contributed by atoms with Crippen molar-refractivity contribution < 1.29 is 19.3 Å². The van der Waals surface area contributed by atoms with Crippen LogP contribution in [0.25, 0.3) is 0 Å². The fourth-order valence-corrected chi connectivity index (χ4v) is 1.92. The fourth-order valence-electron chi connectivity index (χ4n) is 1.92. The van der Waals surface area contributed by atoms with E-state index in [4.69, 9.17) is 5.73 Å².